The number of aromatic nitrogens is 1. The Labute approximate surface area is 98.1 Å². The van der Waals surface area contributed by atoms with Crippen LogP contribution in [0.2, 0.25) is 0 Å². The number of nitrogen functional groups attached to an aromatic ring is 1. The molecule has 2 N–H and O–H groups in total. The van der Waals surface area contributed by atoms with Crippen molar-refractivity contribution in [1.29, 1.82) is 0 Å². The van der Waals surface area contributed by atoms with Crippen LogP contribution in [-0.4, -0.2) is 22.2 Å². The van der Waals surface area contributed by atoms with Gasteiger partial charge in [-0.1, -0.05) is 18.3 Å². The van der Waals surface area contributed by atoms with E-state index >= 15 is 0 Å². The van der Waals surface area contributed by atoms with Crippen LogP contribution in [0.15, 0.2) is 4.21 Å². The predicted molar refractivity (Wildman–Crippen MR) is 69.6 cm³/mol. The number of thiazole rings is 1. The largest absolute Gasteiger partial charge is 0.375 e. The Hall–Kier alpha value is 0.130. The lowest BCUT2D eigenvalue weighted by Gasteiger charge is -1.98. The molecule has 1 heterocycles. The van der Waals surface area contributed by atoms with Gasteiger partial charge in [0, 0.05) is 0 Å². The van der Waals surface area contributed by atoms with Crippen LogP contribution in [0.3, 0.4) is 0 Å². The first-order chi connectivity index (χ1) is 6.74. The minimum absolute atomic E-state index is 0.688. The summed E-state index contributed by atoms with van der Waals surface area (Å²) in [5, 5.41) is 0.688. The van der Waals surface area contributed by atoms with Crippen molar-refractivity contribution in [3.8, 4) is 0 Å². The Morgan fingerprint density at radius 1 is 1.43 bits per heavy atom. The number of anilines is 1. The predicted octanol–water partition coefficient (Wildman–Crippen LogP) is 3.27. The second kappa shape index (κ2) is 6.58. The van der Waals surface area contributed by atoms with Crippen molar-refractivity contribution in [3.63, 3.8) is 0 Å². The highest BCUT2D eigenvalue weighted by atomic mass is 32.2. The zero-order valence-electron chi connectivity index (χ0n) is 8.58. The fourth-order valence-electron chi connectivity index (χ4n) is 1.01. The molecule has 0 aliphatic heterocycles. The van der Waals surface area contributed by atoms with Gasteiger partial charge in [-0.2, -0.15) is 11.8 Å². The molecule has 14 heavy (non-hydrogen) atoms. The monoisotopic (exact) mass is 248 g/mol. The van der Waals surface area contributed by atoms with Gasteiger partial charge in [-0.3, -0.25) is 0 Å². The smallest absolute Gasteiger partial charge is 0.181 e. The van der Waals surface area contributed by atoms with Crippen molar-refractivity contribution in [2.75, 3.05) is 23.0 Å². The van der Waals surface area contributed by atoms with E-state index in [1.807, 2.05) is 30.4 Å². The first-order valence-electron chi connectivity index (χ1n) is 4.67. The molecule has 0 aromatic carbocycles. The summed E-state index contributed by atoms with van der Waals surface area (Å²) in [6.45, 7) is 4.22. The van der Waals surface area contributed by atoms with Gasteiger partial charge < -0.3 is 5.73 Å². The quantitative estimate of drug-likeness (QED) is 0.619. The van der Waals surface area contributed by atoms with E-state index in [-0.39, 0.29) is 0 Å². The van der Waals surface area contributed by atoms with Gasteiger partial charge in [0.05, 0.1) is 9.90 Å². The molecule has 80 valence electrons. The summed E-state index contributed by atoms with van der Waals surface area (Å²) in [7, 11) is 0. The summed E-state index contributed by atoms with van der Waals surface area (Å²) in [4.78, 5) is 4.20. The Bertz CT molecular complexity index is 273. The van der Waals surface area contributed by atoms with Crippen molar-refractivity contribution in [1.82, 2.24) is 4.98 Å². The average molecular weight is 248 g/mol. The number of thioether (sulfide) groups is 2. The van der Waals surface area contributed by atoms with E-state index in [1.54, 1.807) is 11.3 Å². The van der Waals surface area contributed by atoms with Gasteiger partial charge in [-0.05, 0) is 30.6 Å². The molecule has 2 nitrogen and oxygen atoms in total. The molecule has 0 radical (unpaired) electrons. The molecule has 1 aromatic heterocycles. The number of rotatable bonds is 6. The number of nitrogens with two attached hydrogens (primary N) is 1. The van der Waals surface area contributed by atoms with Crippen molar-refractivity contribution >= 4 is 40.0 Å². The molecule has 0 saturated heterocycles. The maximum Gasteiger partial charge on any atom is 0.181 e. The van der Waals surface area contributed by atoms with E-state index in [2.05, 4.69) is 11.9 Å². The maximum atomic E-state index is 5.62. The summed E-state index contributed by atoms with van der Waals surface area (Å²) in [5.74, 6) is 3.66. The van der Waals surface area contributed by atoms with Crippen LogP contribution < -0.4 is 5.73 Å². The zero-order chi connectivity index (χ0) is 10.4. The molecule has 0 aliphatic carbocycles. The van der Waals surface area contributed by atoms with Crippen molar-refractivity contribution in [3.05, 3.63) is 5.69 Å². The molecule has 1 rings (SSSR count). The lowest BCUT2D eigenvalue weighted by Crippen LogP contribution is -1.84. The molecular weight excluding hydrogens is 232 g/mol. The number of nitrogens with zero attached hydrogens (tertiary/aromatic N) is 1. The fourth-order valence-corrected chi connectivity index (χ4v) is 3.86. The lowest BCUT2D eigenvalue weighted by molar-refractivity contribution is 1.12. The number of hydrogen-bond acceptors (Lipinski definition) is 5. The maximum absolute atomic E-state index is 5.62. The highest BCUT2D eigenvalue weighted by Crippen LogP contribution is 2.30. The molecule has 0 unspecified atom stereocenters. The minimum Gasteiger partial charge on any atom is -0.375 e. The molecule has 0 aliphatic rings. The Kier molecular flexibility index (Phi) is 5.74. The highest BCUT2D eigenvalue weighted by molar-refractivity contribution is 8.01. The fraction of sp³-hybridized carbons (Fsp3) is 0.667. The summed E-state index contributed by atoms with van der Waals surface area (Å²) in [5.41, 5.74) is 6.71. The topological polar surface area (TPSA) is 38.9 Å². The van der Waals surface area contributed by atoms with Crippen LogP contribution in [0, 0.1) is 6.92 Å². The van der Waals surface area contributed by atoms with Gasteiger partial charge in [-0.25, -0.2) is 4.98 Å². The van der Waals surface area contributed by atoms with Gasteiger partial charge in [-0.15, -0.1) is 11.8 Å². The molecule has 0 atom stereocenters. The van der Waals surface area contributed by atoms with Gasteiger partial charge in [0.15, 0.2) is 5.13 Å². The summed E-state index contributed by atoms with van der Waals surface area (Å²) < 4.78 is 1.28. The third-order valence-electron chi connectivity index (χ3n) is 1.64. The van der Waals surface area contributed by atoms with Crippen molar-refractivity contribution in [2.24, 2.45) is 0 Å². The standard InChI is InChI=1S/C9H16N2S3/c1-3-12-5-4-6-13-8-7(2)11-9(10)14-8/h3-6H2,1-2H3,(H2,10,11). The normalized spacial score (nSPS) is 10.7. The van der Waals surface area contributed by atoms with Crippen LogP contribution in [0.25, 0.3) is 0 Å². The summed E-state index contributed by atoms with van der Waals surface area (Å²) in [6.07, 6.45) is 1.26. The average Bonchev–Trinajstić information content (AvgIpc) is 2.45. The van der Waals surface area contributed by atoms with Crippen LogP contribution in [0.5, 0.6) is 0 Å². The molecule has 0 spiro atoms. The molecule has 5 heteroatoms. The van der Waals surface area contributed by atoms with Crippen molar-refractivity contribution < 1.29 is 0 Å². The van der Waals surface area contributed by atoms with Crippen LogP contribution in [-0.2, 0) is 0 Å². The van der Waals surface area contributed by atoms with E-state index in [4.69, 9.17) is 5.73 Å². The highest BCUT2D eigenvalue weighted by Gasteiger charge is 2.04. The second-order valence-corrected chi connectivity index (χ2v) is 6.61. The molecular formula is C9H16N2S3. The van der Waals surface area contributed by atoms with E-state index in [0.29, 0.717) is 5.13 Å². The molecule has 0 bridgehead atoms. The Morgan fingerprint density at radius 2 is 2.21 bits per heavy atom. The van der Waals surface area contributed by atoms with Crippen LogP contribution in [0.4, 0.5) is 5.13 Å². The minimum atomic E-state index is 0.688. The van der Waals surface area contributed by atoms with Crippen LogP contribution in [0.1, 0.15) is 19.0 Å². The Balaban J connectivity index is 2.21. The molecule has 0 amide bonds. The molecule has 1 aromatic rings. The first-order valence-corrected chi connectivity index (χ1v) is 7.63. The SMILES string of the molecule is CCSCCCSc1sc(N)nc1C. The Morgan fingerprint density at radius 3 is 2.79 bits per heavy atom. The van der Waals surface area contributed by atoms with E-state index < -0.39 is 0 Å². The molecule has 0 saturated carbocycles. The van der Waals surface area contributed by atoms with E-state index in [1.165, 1.54) is 27.9 Å². The first kappa shape index (κ1) is 12.2. The van der Waals surface area contributed by atoms with Gasteiger partial charge in [0.2, 0.25) is 0 Å². The lowest BCUT2D eigenvalue weighted by atomic mass is 10.6. The van der Waals surface area contributed by atoms with Gasteiger partial charge >= 0.3 is 0 Å². The summed E-state index contributed by atoms with van der Waals surface area (Å²) >= 11 is 5.48. The zero-order valence-corrected chi connectivity index (χ0v) is 11.0. The van der Waals surface area contributed by atoms with E-state index in [9.17, 15) is 0 Å². The summed E-state index contributed by atoms with van der Waals surface area (Å²) in [6, 6.07) is 0. The molecule has 0 fully saturated rings. The van der Waals surface area contributed by atoms with Gasteiger partial charge in [0.1, 0.15) is 0 Å². The van der Waals surface area contributed by atoms with E-state index in [0.717, 1.165) is 5.69 Å². The van der Waals surface area contributed by atoms with Crippen LogP contribution >= 0.6 is 34.9 Å². The third-order valence-corrected chi connectivity index (χ3v) is 5.06. The van der Waals surface area contributed by atoms with Gasteiger partial charge in [0.25, 0.3) is 0 Å². The number of aryl methyl sites for hydroxylation is 1. The second-order valence-electron chi connectivity index (χ2n) is 2.82. The third kappa shape index (κ3) is 4.11. The number of hydrogen-bond donors (Lipinski definition) is 1. The van der Waals surface area contributed by atoms with Crippen molar-refractivity contribution in [2.45, 2.75) is 24.5 Å².